The highest BCUT2D eigenvalue weighted by molar-refractivity contribution is 5.31. The average molecular weight is 234 g/mol. The maximum atomic E-state index is 9.69. The van der Waals surface area contributed by atoms with Gasteiger partial charge in [0.15, 0.2) is 0 Å². The van der Waals surface area contributed by atoms with Gasteiger partial charge >= 0.3 is 0 Å². The van der Waals surface area contributed by atoms with Gasteiger partial charge < -0.3 is 15.3 Å². The molecular formula is C12H14N2O3. The lowest BCUT2D eigenvalue weighted by atomic mass is 10.1. The van der Waals surface area contributed by atoms with Gasteiger partial charge in [0.2, 0.25) is 0 Å². The summed E-state index contributed by atoms with van der Waals surface area (Å²) in [5.41, 5.74) is 1.33. The van der Waals surface area contributed by atoms with Gasteiger partial charge in [0.25, 0.3) is 0 Å². The molecule has 3 N–H and O–H groups in total. The highest BCUT2D eigenvalue weighted by atomic mass is 16.4. The second-order valence-corrected chi connectivity index (χ2v) is 3.75. The average Bonchev–Trinajstić information content (AvgIpc) is 2.87. The van der Waals surface area contributed by atoms with Crippen molar-refractivity contribution in [2.75, 3.05) is 6.61 Å². The summed E-state index contributed by atoms with van der Waals surface area (Å²) in [6, 6.07) is 9.43. The molecule has 0 amide bonds. The Labute approximate surface area is 98.6 Å². The number of aliphatic hydroxyl groups is 3. The van der Waals surface area contributed by atoms with E-state index in [0.717, 1.165) is 5.69 Å². The zero-order valence-corrected chi connectivity index (χ0v) is 9.14. The number of para-hydroxylation sites is 1. The van der Waals surface area contributed by atoms with Gasteiger partial charge in [-0.3, -0.25) is 0 Å². The van der Waals surface area contributed by atoms with E-state index in [-0.39, 0.29) is 0 Å². The van der Waals surface area contributed by atoms with Gasteiger partial charge in [-0.1, -0.05) is 18.2 Å². The summed E-state index contributed by atoms with van der Waals surface area (Å²) in [5.74, 6) is 0. The highest BCUT2D eigenvalue weighted by Gasteiger charge is 2.19. The molecule has 0 aliphatic rings. The van der Waals surface area contributed by atoms with Crippen LogP contribution in [0.25, 0.3) is 5.69 Å². The molecule has 0 saturated carbocycles. The summed E-state index contributed by atoms with van der Waals surface area (Å²) < 4.78 is 1.60. The molecule has 0 radical (unpaired) electrons. The summed E-state index contributed by atoms with van der Waals surface area (Å²) in [7, 11) is 0. The fourth-order valence-electron chi connectivity index (χ4n) is 1.53. The number of hydrogen-bond donors (Lipinski definition) is 3. The molecule has 0 bridgehead atoms. The summed E-state index contributed by atoms with van der Waals surface area (Å²) in [4.78, 5) is 0. The molecule has 17 heavy (non-hydrogen) atoms. The molecule has 1 aromatic carbocycles. The van der Waals surface area contributed by atoms with Crippen LogP contribution in [0, 0.1) is 0 Å². The third-order valence-electron chi connectivity index (χ3n) is 2.52. The van der Waals surface area contributed by atoms with Crippen LogP contribution in [0.15, 0.2) is 42.7 Å². The van der Waals surface area contributed by atoms with Gasteiger partial charge in [-0.25, -0.2) is 4.68 Å². The minimum atomic E-state index is -1.19. The van der Waals surface area contributed by atoms with Crippen molar-refractivity contribution in [1.29, 1.82) is 0 Å². The Kier molecular flexibility index (Phi) is 3.53. The maximum Gasteiger partial charge on any atom is 0.110 e. The van der Waals surface area contributed by atoms with Crippen molar-refractivity contribution in [2.24, 2.45) is 0 Å². The smallest absolute Gasteiger partial charge is 0.110 e. The van der Waals surface area contributed by atoms with E-state index < -0.39 is 18.8 Å². The molecule has 5 heteroatoms. The van der Waals surface area contributed by atoms with Crippen molar-refractivity contribution in [1.82, 2.24) is 9.78 Å². The van der Waals surface area contributed by atoms with Crippen molar-refractivity contribution in [3.8, 4) is 5.69 Å². The molecule has 2 atom stereocenters. The van der Waals surface area contributed by atoms with Crippen molar-refractivity contribution in [2.45, 2.75) is 12.2 Å². The number of aliphatic hydroxyl groups excluding tert-OH is 3. The first kappa shape index (κ1) is 11.8. The van der Waals surface area contributed by atoms with Crippen LogP contribution in [0.1, 0.15) is 11.7 Å². The van der Waals surface area contributed by atoms with Gasteiger partial charge in [0.05, 0.1) is 18.5 Å². The van der Waals surface area contributed by atoms with Gasteiger partial charge in [-0.15, -0.1) is 0 Å². The Balaban J connectivity index is 2.22. The predicted molar refractivity (Wildman–Crippen MR) is 61.6 cm³/mol. The van der Waals surface area contributed by atoms with Crippen LogP contribution in [0.3, 0.4) is 0 Å². The predicted octanol–water partition coefficient (Wildman–Crippen LogP) is 0.259. The third kappa shape index (κ3) is 2.52. The van der Waals surface area contributed by atoms with Gasteiger partial charge in [-0.2, -0.15) is 5.10 Å². The molecule has 2 rings (SSSR count). The van der Waals surface area contributed by atoms with E-state index in [2.05, 4.69) is 5.10 Å². The van der Waals surface area contributed by atoms with Crippen LogP contribution in [-0.2, 0) is 0 Å². The molecule has 0 aliphatic heterocycles. The lowest BCUT2D eigenvalue weighted by Gasteiger charge is -2.13. The zero-order valence-electron chi connectivity index (χ0n) is 9.14. The number of rotatable bonds is 4. The molecule has 1 aromatic heterocycles. The molecule has 2 unspecified atom stereocenters. The van der Waals surface area contributed by atoms with Crippen molar-refractivity contribution in [3.05, 3.63) is 48.3 Å². The van der Waals surface area contributed by atoms with Gasteiger partial charge in [0.1, 0.15) is 12.2 Å². The van der Waals surface area contributed by atoms with E-state index in [1.54, 1.807) is 10.9 Å². The third-order valence-corrected chi connectivity index (χ3v) is 2.52. The molecule has 0 saturated heterocycles. The fraction of sp³-hybridized carbons (Fsp3) is 0.250. The van der Waals surface area contributed by atoms with E-state index in [9.17, 15) is 10.2 Å². The Morgan fingerprint density at radius 1 is 1.18 bits per heavy atom. The normalized spacial score (nSPS) is 14.5. The van der Waals surface area contributed by atoms with E-state index in [1.165, 1.54) is 6.20 Å². The standard InChI is InChI=1S/C12H14N2O3/c15-8-11(16)12(17)9-6-13-14(7-9)10-4-2-1-3-5-10/h1-7,11-12,15-17H,8H2. The molecule has 0 fully saturated rings. The summed E-state index contributed by atoms with van der Waals surface area (Å²) in [6.07, 6.45) is 0.774. The monoisotopic (exact) mass is 234 g/mol. The lowest BCUT2D eigenvalue weighted by Crippen LogP contribution is -2.21. The minimum Gasteiger partial charge on any atom is -0.394 e. The minimum absolute atomic E-state index is 0.468. The summed E-state index contributed by atoms with van der Waals surface area (Å²) in [6.45, 7) is -0.488. The van der Waals surface area contributed by atoms with Crippen LogP contribution in [0.5, 0.6) is 0 Å². The number of hydrogen-bond acceptors (Lipinski definition) is 4. The second-order valence-electron chi connectivity index (χ2n) is 3.75. The lowest BCUT2D eigenvalue weighted by molar-refractivity contribution is -0.0152. The van der Waals surface area contributed by atoms with E-state index in [0.29, 0.717) is 5.56 Å². The quantitative estimate of drug-likeness (QED) is 0.709. The Hall–Kier alpha value is -1.69. The first-order valence-corrected chi connectivity index (χ1v) is 5.29. The second kappa shape index (κ2) is 5.09. The van der Waals surface area contributed by atoms with E-state index in [1.807, 2.05) is 30.3 Å². The fourth-order valence-corrected chi connectivity index (χ4v) is 1.53. The van der Waals surface area contributed by atoms with Crippen molar-refractivity contribution < 1.29 is 15.3 Å². The first-order valence-electron chi connectivity index (χ1n) is 5.29. The Morgan fingerprint density at radius 3 is 2.53 bits per heavy atom. The Morgan fingerprint density at radius 2 is 1.88 bits per heavy atom. The molecule has 2 aromatic rings. The number of nitrogens with zero attached hydrogens (tertiary/aromatic N) is 2. The van der Waals surface area contributed by atoms with Crippen LogP contribution < -0.4 is 0 Å². The largest absolute Gasteiger partial charge is 0.394 e. The van der Waals surface area contributed by atoms with Crippen LogP contribution in [0.2, 0.25) is 0 Å². The summed E-state index contributed by atoms with van der Waals surface area (Å²) in [5, 5.41) is 31.8. The molecule has 0 spiro atoms. The SMILES string of the molecule is OCC(O)C(O)c1cnn(-c2ccccc2)c1. The van der Waals surface area contributed by atoms with Crippen LogP contribution in [-0.4, -0.2) is 37.8 Å². The van der Waals surface area contributed by atoms with Crippen LogP contribution in [0.4, 0.5) is 0 Å². The topological polar surface area (TPSA) is 78.5 Å². The molecular weight excluding hydrogens is 220 g/mol. The maximum absolute atomic E-state index is 9.69. The molecule has 0 aliphatic carbocycles. The first-order chi connectivity index (χ1) is 8.22. The van der Waals surface area contributed by atoms with E-state index in [4.69, 9.17) is 5.11 Å². The molecule has 90 valence electrons. The van der Waals surface area contributed by atoms with Crippen LogP contribution >= 0.6 is 0 Å². The Bertz CT molecular complexity index is 470. The highest BCUT2D eigenvalue weighted by Crippen LogP contribution is 2.17. The molecule has 5 nitrogen and oxygen atoms in total. The number of aromatic nitrogens is 2. The van der Waals surface area contributed by atoms with E-state index >= 15 is 0 Å². The van der Waals surface area contributed by atoms with Gasteiger partial charge in [0, 0.05) is 11.8 Å². The molecule has 1 heterocycles. The summed E-state index contributed by atoms with van der Waals surface area (Å²) >= 11 is 0. The number of benzene rings is 1. The van der Waals surface area contributed by atoms with Crippen molar-refractivity contribution >= 4 is 0 Å². The van der Waals surface area contributed by atoms with Gasteiger partial charge in [-0.05, 0) is 12.1 Å². The van der Waals surface area contributed by atoms with Crippen molar-refractivity contribution in [3.63, 3.8) is 0 Å². The zero-order chi connectivity index (χ0) is 12.3.